The first kappa shape index (κ1) is 20.1. The first-order valence-electron chi connectivity index (χ1n) is 8.78. The summed E-state index contributed by atoms with van der Waals surface area (Å²) < 4.78 is 0.860. The van der Waals surface area contributed by atoms with E-state index in [1.54, 1.807) is 24.3 Å². The van der Waals surface area contributed by atoms with Crippen LogP contribution in [0.4, 0.5) is 11.4 Å². The van der Waals surface area contributed by atoms with Gasteiger partial charge in [0.2, 0.25) is 11.8 Å². The Balaban J connectivity index is 1.58. The van der Waals surface area contributed by atoms with Gasteiger partial charge in [-0.2, -0.15) is 0 Å². The molecule has 0 aliphatic rings. The van der Waals surface area contributed by atoms with E-state index in [1.165, 1.54) is 35.6 Å². The molecular weight excluding hydrogens is 390 g/mol. The largest absolute Gasteiger partial charge is 0.326 e. The lowest BCUT2D eigenvalue weighted by Crippen LogP contribution is -2.22. The first-order chi connectivity index (χ1) is 13.4. The summed E-state index contributed by atoms with van der Waals surface area (Å²) in [5, 5.41) is 7.32. The molecule has 28 heavy (non-hydrogen) atoms. The maximum absolute atomic E-state index is 12.5. The van der Waals surface area contributed by atoms with Gasteiger partial charge >= 0.3 is 0 Å². The third-order valence-corrected chi connectivity index (χ3v) is 6.02. The second-order valence-corrected chi connectivity index (χ2v) is 8.82. The molecule has 2 amide bonds. The monoisotopic (exact) mass is 411 g/mol. The number of amides is 2. The number of hydrogen-bond donors (Lipinski definition) is 2. The summed E-state index contributed by atoms with van der Waals surface area (Å²) in [5.41, 5.74) is 4.59. The summed E-state index contributed by atoms with van der Waals surface area (Å²) in [6.45, 7) is 5.37. The molecule has 144 valence electrons. The molecule has 1 heterocycles. The Hall–Kier alpha value is -2.64. The fourth-order valence-corrected chi connectivity index (χ4v) is 4.43. The number of aryl methyl sites for hydroxylation is 1. The second-order valence-electron chi connectivity index (χ2n) is 6.37. The number of benzene rings is 2. The number of anilines is 2. The summed E-state index contributed by atoms with van der Waals surface area (Å²) in [6, 6.07) is 15.3. The fraction of sp³-hybridized carbons (Fsp3) is 0.190. The molecule has 3 aromatic rings. The average molecular weight is 412 g/mol. The van der Waals surface area contributed by atoms with Gasteiger partial charge in [-0.3, -0.25) is 9.59 Å². The topological polar surface area (TPSA) is 71.1 Å². The number of carbonyl (C=O) groups excluding carboxylic acids is 2. The van der Waals surface area contributed by atoms with E-state index in [1.807, 2.05) is 12.3 Å². The van der Waals surface area contributed by atoms with Crippen LogP contribution in [0.3, 0.4) is 0 Å². The van der Waals surface area contributed by atoms with Crippen molar-refractivity contribution in [2.75, 3.05) is 10.6 Å². The van der Waals surface area contributed by atoms with E-state index >= 15 is 0 Å². The van der Waals surface area contributed by atoms with E-state index in [9.17, 15) is 9.59 Å². The van der Waals surface area contributed by atoms with Crippen molar-refractivity contribution in [3.8, 4) is 11.3 Å². The molecule has 3 rings (SSSR count). The van der Waals surface area contributed by atoms with E-state index in [-0.39, 0.29) is 17.1 Å². The second kappa shape index (κ2) is 9.03. The van der Waals surface area contributed by atoms with Crippen molar-refractivity contribution in [2.24, 2.45) is 0 Å². The van der Waals surface area contributed by atoms with Gasteiger partial charge in [-0.1, -0.05) is 41.6 Å². The van der Waals surface area contributed by atoms with Gasteiger partial charge in [-0.25, -0.2) is 4.98 Å². The molecular formula is C21H21N3O2S2. The Morgan fingerprint density at radius 2 is 1.61 bits per heavy atom. The summed E-state index contributed by atoms with van der Waals surface area (Å²) in [4.78, 5) is 28.2. The van der Waals surface area contributed by atoms with Crippen molar-refractivity contribution in [1.82, 2.24) is 4.98 Å². The number of nitrogens with zero attached hydrogens (tertiary/aromatic N) is 1. The molecule has 0 spiro atoms. The number of nitrogens with one attached hydrogen (secondary N) is 2. The standard InChI is InChI=1S/C21H21N3O2S2/c1-13-4-6-16(7-5-13)19-12-27-21(24-19)28-14(2)20(26)23-18-10-8-17(9-11-18)22-15(3)25/h4-12,14H,1-3H3,(H,22,25)(H,23,26). The zero-order valence-corrected chi connectivity index (χ0v) is 17.5. The lowest BCUT2D eigenvalue weighted by atomic mass is 10.1. The van der Waals surface area contributed by atoms with E-state index in [0.29, 0.717) is 11.4 Å². The van der Waals surface area contributed by atoms with Gasteiger partial charge in [0, 0.05) is 29.2 Å². The van der Waals surface area contributed by atoms with Gasteiger partial charge in [0.1, 0.15) is 0 Å². The van der Waals surface area contributed by atoms with Gasteiger partial charge in [0.25, 0.3) is 0 Å². The number of thiazole rings is 1. The van der Waals surface area contributed by atoms with Crippen LogP contribution in [0.5, 0.6) is 0 Å². The minimum atomic E-state index is -0.285. The quantitative estimate of drug-likeness (QED) is 0.547. The van der Waals surface area contributed by atoms with Crippen molar-refractivity contribution in [2.45, 2.75) is 30.4 Å². The highest BCUT2D eigenvalue weighted by atomic mass is 32.2. The lowest BCUT2D eigenvalue weighted by molar-refractivity contribution is -0.115. The molecule has 0 aliphatic carbocycles. The molecule has 7 heteroatoms. The van der Waals surface area contributed by atoms with Crippen LogP contribution in [0.2, 0.25) is 0 Å². The predicted molar refractivity (Wildman–Crippen MR) is 117 cm³/mol. The Morgan fingerprint density at radius 1 is 1.00 bits per heavy atom. The Bertz CT molecular complexity index is 966. The number of carbonyl (C=O) groups is 2. The van der Waals surface area contributed by atoms with E-state index in [2.05, 4.69) is 46.8 Å². The van der Waals surface area contributed by atoms with Crippen molar-refractivity contribution < 1.29 is 9.59 Å². The number of hydrogen-bond acceptors (Lipinski definition) is 5. The normalized spacial score (nSPS) is 11.7. The van der Waals surface area contributed by atoms with E-state index < -0.39 is 0 Å². The predicted octanol–water partition coefficient (Wildman–Crippen LogP) is 5.20. The molecule has 0 saturated heterocycles. The van der Waals surface area contributed by atoms with Gasteiger partial charge < -0.3 is 10.6 Å². The maximum atomic E-state index is 12.5. The SMILES string of the molecule is CC(=O)Nc1ccc(NC(=O)C(C)Sc2nc(-c3ccc(C)cc3)cs2)cc1. The third-order valence-electron chi connectivity index (χ3n) is 3.95. The number of thioether (sulfide) groups is 1. The Labute approximate surface area is 172 Å². The molecule has 1 unspecified atom stereocenters. The zero-order valence-electron chi connectivity index (χ0n) is 15.9. The van der Waals surface area contributed by atoms with Crippen molar-refractivity contribution in [3.63, 3.8) is 0 Å². The Morgan fingerprint density at radius 3 is 2.21 bits per heavy atom. The maximum Gasteiger partial charge on any atom is 0.237 e. The molecule has 5 nitrogen and oxygen atoms in total. The van der Waals surface area contributed by atoms with Crippen molar-refractivity contribution in [3.05, 3.63) is 59.5 Å². The summed E-state index contributed by atoms with van der Waals surface area (Å²) in [7, 11) is 0. The van der Waals surface area contributed by atoms with Crippen molar-refractivity contribution in [1.29, 1.82) is 0 Å². The van der Waals surface area contributed by atoms with E-state index in [4.69, 9.17) is 0 Å². The molecule has 2 aromatic carbocycles. The lowest BCUT2D eigenvalue weighted by Gasteiger charge is -2.11. The van der Waals surface area contributed by atoms with Crippen LogP contribution >= 0.6 is 23.1 Å². The molecule has 0 radical (unpaired) electrons. The average Bonchev–Trinajstić information content (AvgIpc) is 3.12. The minimum absolute atomic E-state index is 0.0932. The van der Waals surface area contributed by atoms with Crippen LogP contribution in [0.25, 0.3) is 11.3 Å². The van der Waals surface area contributed by atoms with Crippen molar-refractivity contribution >= 4 is 46.3 Å². The van der Waals surface area contributed by atoms with Crippen LogP contribution in [0.15, 0.2) is 58.3 Å². The molecule has 1 aromatic heterocycles. The highest BCUT2D eigenvalue weighted by molar-refractivity contribution is 8.02. The van der Waals surface area contributed by atoms with Crippen LogP contribution in [-0.4, -0.2) is 22.0 Å². The van der Waals surface area contributed by atoms with Crippen LogP contribution in [0, 0.1) is 6.92 Å². The van der Waals surface area contributed by atoms with Gasteiger partial charge in [0.05, 0.1) is 10.9 Å². The van der Waals surface area contributed by atoms with Gasteiger partial charge in [-0.05, 0) is 38.1 Å². The molecule has 0 bridgehead atoms. The van der Waals surface area contributed by atoms with E-state index in [0.717, 1.165) is 15.6 Å². The summed E-state index contributed by atoms with van der Waals surface area (Å²) in [5.74, 6) is -0.223. The number of rotatable bonds is 6. The molecule has 1 atom stereocenters. The smallest absolute Gasteiger partial charge is 0.237 e. The van der Waals surface area contributed by atoms with Gasteiger partial charge in [-0.15, -0.1) is 11.3 Å². The molecule has 2 N–H and O–H groups in total. The third kappa shape index (κ3) is 5.43. The fourth-order valence-electron chi connectivity index (χ4n) is 2.46. The van der Waals surface area contributed by atoms with Crippen LogP contribution in [-0.2, 0) is 9.59 Å². The Kier molecular flexibility index (Phi) is 6.49. The van der Waals surface area contributed by atoms with Crippen LogP contribution in [0.1, 0.15) is 19.4 Å². The summed E-state index contributed by atoms with van der Waals surface area (Å²) in [6.07, 6.45) is 0. The highest BCUT2D eigenvalue weighted by Crippen LogP contribution is 2.31. The van der Waals surface area contributed by atoms with Crippen LogP contribution < -0.4 is 10.6 Å². The molecule has 0 fully saturated rings. The minimum Gasteiger partial charge on any atom is -0.326 e. The van der Waals surface area contributed by atoms with Gasteiger partial charge in [0.15, 0.2) is 4.34 Å². The zero-order chi connectivity index (χ0) is 20.1. The molecule has 0 saturated carbocycles. The first-order valence-corrected chi connectivity index (χ1v) is 10.5. The molecule has 0 aliphatic heterocycles. The highest BCUT2D eigenvalue weighted by Gasteiger charge is 2.17. The summed E-state index contributed by atoms with van der Waals surface area (Å²) >= 11 is 2.98. The number of aromatic nitrogens is 1.